The van der Waals surface area contributed by atoms with E-state index >= 15 is 0 Å². The van der Waals surface area contributed by atoms with Gasteiger partial charge in [-0.3, -0.25) is 4.90 Å². The second-order valence-electron chi connectivity index (χ2n) is 5.89. The van der Waals surface area contributed by atoms with Crippen molar-refractivity contribution in [3.05, 3.63) is 51.2 Å². The van der Waals surface area contributed by atoms with E-state index in [9.17, 15) is 4.39 Å². The van der Waals surface area contributed by atoms with Crippen LogP contribution in [0.25, 0.3) is 0 Å². The Morgan fingerprint density at radius 3 is 3.13 bits per heavy atom. The minimum Gasteiger partial charge on any atom is -0.380 e. The zero-order chi connectivity index (χ0) is 15.6. The highest BCUT2D eigenvalue weighted by Crippen LogP contribution is 2.27. The monoisotopic (exact) mass is 328 g/mol. The van der Waals surface area contributed by atoms with Crippen molar-refractivity contribution in [1.82, 2.24) is 9.88 Å². The van der Waals surface area contributed by atoms with Gasteiger partial charge in [0.15, 0.2) is 5.01 Å². The first-order valence-electron chi connectivity index (χ1n) is 7.86. The summed E-state index contributed by atoms with van der Waals surface area (Å²) in [5.74, 6) is 5.82. The molecule has 2 aliphatic rings. The molecule has 1 aromatic heterocycles. The van der Waals surface area contributed by atoms with Gasteiger partial charge in [0.1, 0.15) is 5.82 Å². The number of thiazole rings is 1. The zero-order valence-electron chi connectivity index (χ0n) is 12.7. The van der Waals surface area contributed by atoms with Crippen LogP contribution >= 0.6 is 11.3 Å². The SMILES string of the molecule is Fc1cccc(C#Cc2nc3c(s2)CN(C2CCOC2)CC3)c1. The quantitative estimate of drug-likeness (QED) is 0.753. The maximum absolute atomic E-state index is 13.2. The van der Waals surface area contributed by atoms with Crippen LogP contribution in [0.5, 0.6) is 0 Å². The van der Waals surface area contributed by atoms with E-state index in [1.165, 1.54) is 22.7 Å². The Bertz CT molecular complexity index is 771. The number of aromatic nitrogens is 1. The van der Waals surface area contributed by atoms with Gasteiger partial charge in [0.25, 0.3) is 0 Å². The molecule has 2 aromatic rings. The molecule has 3 nitrogen and oxygen atoms in total. The van der Waals surface area contributed by atoms with E-state index in [-0.39, 0.29) is 5.82 Å². The molecule has 0 radical (unpaired) electrons. The molecule has 0 amide bonds. The van der Waals surface area contributed by atoms with Gasteiger partial charge in [0, 0.05) is 42.6 Å². The van der Waals surface area contributed by atoms with Crippen LogP contribution in [0.1, 0.15) is 27.6 Å². The number of halogens is 1. The van der Waals surface area contributed by atoms with Crippen LogP contribution in [0.4, 0.5) is 4.39 Å². The molecule has 0 aliphatic carbocycles. The first-order chi connectivity index (χ1) is 11.3. The largest absolute Gasteiger partial charge is 0.380 e. The normalized spacial score (nSPS) is 20.8. The van der Waals surface area contributed by atoms with Gasteiger partial charge in [0.2, 0.25) is 0 Å². The number of rotatable bonds is 1. The number of hydrogen-bond donors (Lipinski definition) is 0. The van der Waals surface area contributed by atoms with Crippen molar-refractivity contribution in [1.29, 1.82) is 0 Å². The summed E-state index contributed by atoms with van der Waals surface area (Å²) in [4.78, 5) is 8.45. The van der Waals surface area contributed by atoms with Crippen molar-refractivity contribution >= 4 is 11.3 Å². The maximum Gasteiger partial charge on any atom is 0.167 e. The summed E-state index contributed by atoms with van der Waals surface area (Å²) < 4.78 is 18.7. The van der Waals surface area contributed by atoms with E-state index in [0.29, 0.717) is 11.6 Å². The highest BCUT2D eigenvalue weighted by Gasteiger charge is 2.28. The van der Waals surface area contributed by atoms with E-state index in [1.807, 2.05) is 6.07 Å². The van der Waals surface area contributed by atoms with Crippen LogP contribution in [0, 0.1) is 17.7 Å². The summed E-state index contributed by atoms with van der Waals surface area (Å²) in [6.07, 6.45) is 2.10. The lowest BCUT2D eigenvalue weighted by Gasteiger charge is -2.30. The number of ether oxygens (including phenoxy) is 1. The Hall–Kier alpha value is -1.74. The summed E-state index contributed by atoms with van der Waals surface area (Å²) >= 11 is 1.66. The second kappa shape index (κ2) is 6.40. The molecule has 0 bridgehead atoms. The van der Waals surface area contributed by atoms with E-state index in [0.717, 1.165) is 44.2 Å². The van der Waals surface area contributed by atoms with Gasteiger partial charge in [-0.2, -0.15) is 0 Å². The lowest BCUT2D eigenvalue weighted by Crippen LogP contribution is -2.39. The number of nitrogens with zero attached hydrogens (tertiary/aromatic N) is 2. The van der Waals surface area contributed by atoms with Crippen LogP contribution < -0.4 is 0 Å². The highest BCUT2D eigenvalue weighted by molar-refractivity contribution is 7.12. The smallest absolute Gasteiger partial charge is 0.167 e. The van der Waals surface area contributed by atoms with Gasteiger partial charge in [-0.1, -0.05) is 12.0 Å². The predicted octanol–water partition coefficient (Wildman–Crippen LogP) is 2.83. The van der Waals surface area contributed by atoms with Gasteiger partial charge in [0.05, 0.1) is 12.3 Å². The van der Waals surface area contributed by atoms with Crippen molar-refractivity contribution in [3.63, 3.8) is 0 Å². The number of benzene rings is 1. The Morgan fingerprint density at radius 1 is 1.35 bits per heavy atom. The Balaban J connectivity index is 1.51. The molecule has 1 unspecified atom stereocenters. The van der Waals surface area contributed by atoms with Crippen LogP contribution in [-0.4, -0.2) is 35.7 Å². The van der Waals surface area contributed by atoms with Crippen LogP contribution in [0.3, 0.4) is 0 Å². The summed E-state index contributed by atoms with van der Waals surface area (Å²) in [5, 5.41) is 0.823. The maximum atomic E-state index is 13.2. The molecule has 5 heteroatoms. The Kier molecular flexibility index (Phi) is 4.13. The van der Waals surface area contributed by atoms with Crippen molar-refractivity contribution in [2.75, 3.05) is 19.8 Å². The molecule has 1 atom stereocenters. The molecule has 1 saturated heterocycles. The Labute approximate surface area is 139 Å². The fourth-order valence-electron chi connectivity index (χ4n) is 3.08. The average Bonchev–Trinajstić information content (AvgIpc) is 3.21. The third kappa shape index (κ3) is 3.30. The molecular weight excluding hydrogens is 311 g/mol. The molecule has 4 rings (SSSR count). The van der Waals surface area contributed by atoms with Gasteiger partial charge < -0.3 is 4.74 Å². The molecule has 23 heavy (non-hydrogen) atoms. The fraction of sp³-hybridized carbons (Fsp3) is 0.389. The van der Waals surface area contributed by atoms with Crippen LogP contribution in [-0.2, 0) is 17.7 Å². The molecule has 118 valence electrons. The van der Waals surface area contributed by atoms with Gasteiger partial charge in [-0.15, -0.1) is 11.3 Å². The van der Waals surface area contributed by atoms with Crippen molar-refractivity contribution < 1.29 is 9.13 Å². The van der Waals surface area contributed by atoms with E-state index in [2.05, 4.69) is 21.7 Å². The van der Waals surface area contributed by atoms with E-state index < -0.39 is 0 Å². The number of hydrogen-bond acceptors (Lipinski definition) is 4. The predicted molar refractivity (Wildman–Crippen MR) is 87.8 cm³/mol. The average molecular weight is 328 g/mol. The third-order valence-electron chi connectivity index (χ3n) is 4.32. The van der Waals surface area contributed by atoms with Crippen LogP contribution in [0.15, 0.2) is 24.3 Å². The van der Waals surface area contributed by atoms with Gasteiger partial charge >= 0.3 is 0 Å². The second-order valence-corrected chi connectivity index (χ2v) is 6.97. The minimum absolute atomic E-state index is 0.260. The van der Waals surface area contributed by atoms with E-state index in [4.69, 9.17) is 4.74 Å². The molecule has 1 aromatic carbocycles. The first-order valence-corrected chi connectivity index (χ1v) is 8.67. The Morgan fingerprint density at radius 2 is 2.30 bits per heavy atom. The van der Waals surface area contributed by atoms with E-state index in [1.54, 1.807) is 17.4 Å². The van der Waals surface area contributed by atoms with Crippen molar-refractivity contribution in [2.24, 2.45) is 0 Å². The standard InChI is InChI=1S/C18H17FN2OS/c19-14-3-1-2-13(10-14)4-5-18-20-16-6-8-21(11-17(16)23-18)15-7-9-22-12-15/h1-3,10,15H,6-9,11-12H2. The topological polar surface area (TPSA) is 25.4 Å². The fourth-order valence-corrected chi connectivity index (χ4v) is 4.07. The summed E-state index contributed by atoms with van der Waals surface area (Å²) in [5.41, 5.74) is 1.86. The lowest BCUT2D eigenvalue weighted by molar-refractivity contribution is 0.135. The van der Waals surface area contributed by atoms with Crippen LogP contribution in [0.2, 0.25) is 0 Å². The minimum atomic E-state index is -0.260. The third-order valence-corrected chi connectivity index (χ3v) is 5.32. The highest BCUT2D eigenvalue weighted by atomic mass is 32.1. The van der Waals surface area contributed by atoms with Gasteiger partial charge in [-0.25, -0.2) is 9.37 Å². The molecular formula is C18H17FN2OS. The molecule has 3 heterocycles. The van der Waals surface area contributed by atoms with Crippen molar-refractivity contribution in [2.45, 2.75) is 25.4 Å². The molecule has 0 saturated carbocycles. The summed E-state index contributed by atoms with van der Waals surface area (Å²) in [7, 11) is 0. The molecule has 1 fully saturated rings. The summed E-state index contributed by atoms with van der Waals surface area (Å²) in [6, 6.07) is 6.91. The first kappa shape index (κ1) is 14.8. The number of fused-ring (bicyclic) bond motifs is 1. The summed E-state index contributed by atoms with van der Waals surface area (Å²) in [6.45, 7) is 3.71. The van der Waals surface area contributed by atoms with Gasteiger partial charge in [-0.05, 0) is 30.5 Å². The molecule has 0 N–H and O–H groups in total. The molecule has 2 aliphatic heterocycles. The van der Waals surface area contributed by atoms with Crippen molar-refractivity contribution in [3.8, 4) is 11.8 Å². The lowest BCUT2D eigenvalue weighted by atomic mass is 10.1. The zero-order valence-corrected chi connectivity index (χ0v) is 13.5. The molecule has 0 spiro atoms.